The van der Waals surface area contributed by atoms with Crippen LogP contribution in [0.25, 0.3) is 0 Å². The van der Waals surface area contributed by atoms with Gasteiger partial charge in [0.2, 0.25) is 0 Å². The zero-order valence-electron chi connectivity index (χ0n) is 10.5. The Labute approximate surface area is 113 Å². The predicted molar refractivity (Wildman–Crippen MR) is 78.5 cm³/mol. The number of thioether (sulfide) groups is 1. The van der Waals surface area contributed by atoms with Gasteiger partial charge in [0, 0.05) is 29.9 Å². The number of nitrogens with zero attached hydrogens (tertiary/aromatic N) is 1. The van der Waals surface area contributed by atoms with Gasteiger partial charge in [-0.15, -0.1) is 11.8 Å². The molecular weight excluding hydrogens is 240 g/mol. The topological polar surface area (TPSA) is 38.9 Å². The molecular formula is C15H18N2S. The van der Waals surface area contributed by atoms with Crippen molar-refractivity contribution in [1.29, 1.82) is 0 Å². The quantitative estimate of drug-likeness (QED) is 0.894. The Balaban J connectivity index is 2.00. The lowest BCUT2D eigenvalue weighted by atomic mass is 10.2. The third-order valence-electron chi connectivity index (χ3n) is 2.83. The van der Waals surface area contributed by atoms with Crippen LogP contribution in [-0.4, -0.2) is 11.5 Å². The number of nitrogens with two attached hydrogens (primary N) is 1. The largest absolute Gasteiger partial charge is 0.329 e. The summed E-state index contributed by atoms with van der Waals surface area (Å²) in [6, 6.07) is 12.7. The van der Waals surface area contributed by atoms with E-state index in [1.165, 1.54) is 16.7 Å². The Bertz CT molecular complexity index is 485. The van der Waals surface area contributed by atoms with Crippen molar-refractivity contribution in [3.05, 3.63) is 65.5 Å². The van der Waals surface area contributed by atoms with Crippen molar-refractivity contribution in [2.24, 2.45) is 5.73 Å². The summed E-state index contributed by atoms with van der Waals surface area (Å²) in [6.45, 7) is 2.78. The van der Waals surface area contributed by atoms with E-state index in [4.69, 9.17) is 5.73 Å². The number of hydrogen-bond acceptors (Lipinski definition) is 3. The second-order valence-corrected chi connectivity index (χ2v) is 5.50. The van der Waals surface area contributed by atoms with Gasteiger partial charge in [0.25, 0.3) is 0 Å². The minimum Gasteiger partial charge on any atom is -0.329 e. The van der Waals surface area contributed by atoms with Crippen LogP contribution in [0, 0.1) is 6.92 Å². The molecule has 0 amide bonds. The van der Waals surface area contributed by atoms with Gasteiger partial charge in [-0.25, -0.2) is 0 Å². The molecule has 18 heavy (non-hydrogen) atoms. The SMILES string of the molecule is Cc1cccc(CSC(CN)c2ccncc2)c1. The van der Waals surface area contributed by atoms with E-state index in [-0.39, 0.29) is 0 Å². The third kappa shape index (κ3) is 3.59. The molecule has 0 radical (unpaired) electrons. The van der Waals surface area contributed by atoms with E-state index in [0.717, 1.165) is 5.75 Å². The summed E-state index contributed by atoms with van der Waals surface area (Å²) in [6.07, 6.45) is 3.65. The van der Waals surface area contributed by atoms with Gasteiger partial charge in [-0.05, 0) is 30.2 Å². The lowest BCUT2D eigenvalue weighted by Gasteiger charge is -2.14. The Morgan fingerprint density at radius 1 is 1.22 bits per heavy atom. The Morgan fingerprint density at radius 2 is 2.00 bits per heavy atom. The fourth-order valence-electron chi connectivity index (χ4n) is 1.88. The highest BCUT2D eigenvalue weighted by Gasteiger charge is 2.09. The number of benzene rings is 1. The molecule has 0 fully saturated rings. The van der Waals surface area contributed by atoms with Gasteiger partial charge in [-0.1, -0.05) is 29.8 Å². The van der Waals surface area contributed by atoms with Gasteiger partial charge in [0.05, 0.1) is 0 Å². The molecule has 0 bridgehead atoms. The van der Waals surface area contributed by atoms with Crippen molar-refractivity contribution in [2.45, 2.75) is 17.9 Å². The number of aryl methyl sites for hydroxylation is 1. The van der Waals surface area contributed by atoms with Crippen LogP contribution in [0.1, 0.15) is 21.9 Å². The van der Waals surface area contributed by atoms with Crippen molar-refractivity contribution in [3.8, 4) is 0 Å². The van der Waals surface area contributed by atoms with Crippen LogP contribution in [0.15, 0.2) is 48.8 Å². The summed E-state index contributed by atoms with van der Waals surface area (Å²) in [5.74, 6) is 0.992. The van der Waals surface area contributed by atoms with Gasteiger partial charge in [0.15, 0.2) is 0 Å². The number of aromatic nitrogens is 1. The first kappa shape index (κ1) is 13.1. The Kier molecular flexibility index (Phi) is 4.79. The van der Waals surface area contributed by atoms with E-state index in [1.807, 2.05) is 36.3 Å². The maximum atomic E-state index is 5.86. The van der Waals surface area contributed by atoms with Crippen LogP contribution in [0.5, 0.6) is 0 Å². The van der Waals surface area contributed by atoms with Gasteiger partial charge in [0.1, 0.15) is 0 Å². The molecule has 1 atom stereocenters. The first-order chi connectivity index (χ1) is 8.79. The summed E-state index contributed by atoms with van der Waals surface area (Å²) in [5, 5.41) is 0.341. The molecule has 2 rings (SSSR count). The second kappa shape index (κ2) is 6.57. The molecule has 0 aliphatic rings. The van der Waals surface area contributed by atoms with E-state index in [0.29, 0.717) is 11.8 Å². The van der Waals surface area contributed by atoms with Crippen molar-refractivity contribution >= 4 is 11.8 Å². The average molecular weight is 258 g/mol. The smallest absolute Gasteiger partial charge is 0.0424 e. The molecule has 0 aliphatic carbocycles. The third-order valence-corrected chi connectivity index (χ3v) is 4.19. The summed E-state index contributed by atoms with van der Waals surface area (Å²) in [4.78, 5) is 4.04. The van der Waals surface area contributed by atoms with Crippen LogP contribution < -0.4 is 5.73 Å². The van der Waals surface area contributed by atoms with Crippen molar-refractivity contribution < 1.29 is 0 Å². The van der Waals surface area contributed by atoms with Crippen molar-refractivity contribution in [2.75, 3.05) is 6.54 Å². The van der Waals surface area contributed by atoms with Crippen molar-refractivity contribution in [3.63, 3.8) is 0 Å². The molecule has 1 heterocycles. The fraction of sp³-hybridized carbons (Fsp3) is 0.267. The van der Waals surface area contributed by atoms with Crippen molar-refractivity contribution in [1.82, 2.24) is 4.98 Å². The molecule has 1 aromatic heterocycles. The molecule has 2 nitrogen and oxygen atoms in total. The molecule has 3 heteroatoms. The first-order valence-electron chi connectivity index (χ1n) is 6.06. The van der Waals surface area contributed by atoms with E-state index >= 15 is 0 Å². The second-order valence-electron chi connectivity index (χ2n) is 4.30. The number of pyridine rings is 1. The van der Waals surface area contributed by atoms with Gasteiger partial charge >= 0.3 is 0 Å². The zero-order chi connectivity index (χ0) is 12.8. The minimum atomic E-state index is 0.341. The molecule has 2 aromatic rings. The summed E-state index contributed by atoms with van der Waals surface area (Å²) < 4.78 is 0. The fourth-order valence-corrected chi connectivity index (χ4v) is 2.94. The molecule has 1 aromatic carbocycles. The first-order valence-corrected chi connectivity index (χ1v) is 7.11. The molecule has 0 aliphatic heterocycles. The van der Waals surface area contributed by atoms with Gasteiger partial charge < -0.3 is 5.73 Å². The lowest BCUT2D eigenvalue weighted by Crippen LogP contribution is -2.09. The monoisotopic (exact) mass is 258 g/mol. The normalized spacial score (nSPS) is 12.3. The predicted octanol–water partition coefficient (Wildman–Crippen LogP) is 3.32. The molecule has 2 N–H and O–H groups in total. The summed E-state index contributed by atoms with van der Waals surface area (Å²) in [7, 11) is 0. The van der Waals surface area contributed by atoms with E-state index in [2.05, 4.69) is 36.2 Å². The molecule has 1 unspecified atom stereocenters. The van der Waals surface area contributed by atoms with Crippen LogP contribution in [0.4, 0.5) is 0 Å². The van der Waals surface area contributed by atoms with Crippen LogP contribution in [0.3, 0.4) is 0 Å². The molecule has 94 valence electrons. The molecule has 0 spiro atoms. The Morgan fingerprint density at radius 3 is 2.67 bits per heavy atom. The van der Waals surface area contributed by atoms with E-state index < -0.39 is 0 Å². The van der Waals surface area contributed by atoms with E-state index in [9.17, 15) is 0 Å². The Hall–Kier alpha value is -1.32. The molecule has 0 saturated carbocycles. The zero-order valence-corrected chi connectivity index (χ0v) is 11.4. The van der Waals surface area contributed by atoms with Crippen LogP contribution in [-0.2, 0) is 5.75 Å². The number of hydrogen-bond donors (Lipinski definition) is 1. The average Bonchev–Trinajstić information content (AvgIpc) is 2.41. The standard InChI is InChI=1S/C15H18N2S/c1-12-3-2-4-13(9-12)11-18-15(10-16)14-5-7-17-8-6-14/h2-9,15H,10-11,16H2,1H3. The van der Waals surface area contributed by atoms with Gasteiger partial charge in [-0.2, -0.15) is 0 Å². The highest BCUT2D eigenvalue weighted by molar-refractivity contribution is 7.98. The highest BCUT2D eigenvalue weighted by Crippen LogP contribution is 2.30. The number of rotatable bonds is 5. The van der Waals surface area contributed by atoms with Crippen LogP contribution in [0.2, 0.25) is 0 Å². The summed E-state index contributed by atoms with van der Waals surface area (Å²) >= 11 is 1.88. The maximum Gasteiger partial charge on any atom is 0.0424 e. The molecule has 0 saturated heterocycles. The van der Waals surface area contributed by atoms with Crippen LogP contribution >= 0.6 is 11.8 Å². The van der Waals surface area contributed by atoms with Gasteiger partial charge in [-0.3, -0.25) is 4.98 Å². The highest BCUT2D eigenvalue weighted by atomic mass is 32.2. The lowest BCUT2D eigenvalue weighted by molar-refractivity contribution is 0.936. The minimum absolute atomic E-state index is 0.341. The van der Waals surface area contributed by atoms with E-state index in [1.54, 1.807) is 0 Å². The maximum absolute atomic E-state index is 5.86. The summed E-state index contributed by atoms with van der Waals surface area (Å²) in [5.41, 5.74) is 9.77.